The van der Waals surface area contributed by atoms with Crippen LogP contribution >= 0.6 is 81.2 Å². The molecule has 124 heavy (non-hydrogen) atoms. The number of pyridine rings is 10. The van der Waals surface area contributed by atoms with Crippen LogP contribution in [0, 0.1) is 129 Å². The fraction of sp³-hybridized carbons (Fsp3) is 0.130. The molecular weight excluding hydrogens is 2680 g/mol. The maximum Gasteiger partial charge on any atom is 0.420 e. The summed E-state index contributed by atoms with van der Waals surface area (Å²) in [6.45, 7) is 3.66. The summed E-state index contributed by atoms with van der Waals surface area (Å²) in [6.07, 6.45) is -21.7. The van der Waals surface area contributed by atoms with Crippen molar-refractivity contribution in [3.8, 4) is 0 Å². The van der Waals surface area contributed by atoms with Crippen LogP contribution in [-0.4, -0.2) is 49.8 Å². The van der Waals surface area contributed by atoms with Gasteiger partial charge in [0.25, 0.3) is 0 Å². The van der Waals surface area contributed by atoms with Gasteiger partial charge in [0.15, 0.2) is 0 Å². The first-order valence-corrected chi connectivity index (χ1v) is 28.6. The normalized spacial score (nSPS) is 9.33. The summed E-state index contributed by atoms with van der Waals surface area (Å²) in [5.74, 6) is -7.78. The van der Waals surface area contributed by atoms with Gasteiger partial charge in [-0.25, -0.2) is 28.7 Å². The van der Waals surface area contributed by atoms with Crippen LogP contribution < -0.4 is 0 Å². The maximum atomic E-state index is 12.3. The van der Waals surface area contributed by atoms with Crippen molar-refractivity contribution in [3.05, 3.63) is 367 Å². The average molecular weight is 2740 g/mol. The maximum absolute atomic E-state index is 12.3. The van der Waals surface area contributed by atoms with Crippen LogP contribution in [0.4, 0.5) is 123 Å². The molecular formula is C69H63Cl7F28N10Nb10-10. The van der Waals surface area contributed by atoms with E-state index < -0.39 is 123 Å². The van der Waals surface area contributed by atoms with Gasteiger partial charge < -0.3 is 74.3 Å². The third-order valence-corrected chi connectivity index (χ3v) is 12.0. The molecule has 0 bridgehead atoms. The number of hydrogen-bond acceptors (Lipinski definition) is 10. The van der Waals surface area contributed by atoms with E-state index in [2.05, 4.69) is 49.8 Å². The van der Waals surface area contributed by atoms with Gasteiger partial charge in [-0.15, -0.1) is 0 Å². The summed E-state index contributed by atoms with van der Waals surface area (Å²) in [5.41, 5.74) is -5.88. The Kier molecular flexibility index (Phi) is 115. The second-order valence-corrected chi connectivity index (χ2v) is 20.7. The minimum atomic E-state index is -4.75. The molecule has 10 rings (SSSR count). The van der Waals surface area contributed by atoms with Crippen molar-refractivity contribution in [1.29, 1.82) is 0 Å². The first kappa shape index (κ1) is 173. The summed E-state index contributed by atoms with van der Waals surface area (Å²) in [7, 11) is 0. The van der Waals surface area contributed by atoms with Gasteiger partial charge in [-0.1, -0.05) is 81.2 Å². The van der Waals surface area contributed by atoms with Crippen molar-refractivity contribution in [2.24, 2.45) is 0 Å². The van der Waals surface area contributed by atoms with Crippen molar-refractivity contribution < 1.29 is 347 Å². The second kappa shape index (κ2) is 82.6. The summed E-state index contributed by atoms with van der Waals surface area (Å²) in [6, 6.07) is 16.7. The molecule has 10 radical (unpaired) electrons. The molecule has 0 unspecified atom stereocenters. The Labute approximate surface area is 890 Å². The van der Waals surface area contributed by atoms with E-state index in [4.69, 9.17) is 81.2 Å². The number of alkyl halides is 21. The van der Waals surface area contributed by atoms with E-state index in [1.54, 1.807) is 19.2 Å². The van der Waals surface area contributed by atoms with Gasteiger partial charge in [0, 0.05) is 331 Å². The molecule has 0 aliphatic carbocycles. The number of rotatable bonds is 0. The Morgan fingerprint density at radius 3 is 0.911 bits per heavy atom. The number of aryl methyl sites for hydroxylation is 2. The zero-order valence-corrected chi connectivity index (χ0v) is 92.0. The summed E-state index contributed by atoms with van der Waals surface area (Å²) in [5, 5.41) is -0.362. The van der Waals surface area contributed by atoms with E-state index in [1.165, 1.54) is 36.8 Å². The molecule has 694 valence electrons. The van der Waals surface area contributed by atoms with E-state index in [-0.39, 0.29) is 341 Å². The van der Waals surface area contributed by atoms with E-state index in [1.807, 2.05) is 13.0 Å². The number of nitrogens with zero attached hydrogens (tertiary/aromatic N) is 10. The molecule has 0 saturated heterocycles. The third kappa shape index (κ3) is 75.4. The fourth-order valence-corrected chi connectivity index (χ4v) is 6.79. The van der Waals surface area contributed by atoms with Gasteiger partial charge in [0.05, 0.1) is 37.9 Å². The van der Waals surface area contributed by atoms with E-state index >= 15 is 0 Å². The summed E-state index contributed by atoms with van der Waals surface area (Å²) < 4.78 is 334. The molecule has 0 saturated carbocycles. The molecule has 0 amide bonds. The van der Waals surface area contributed by atoms with Gasteiger partial charge in [-0.05, 0) is 92.7 Å². The molecule has 10 aromatic rings. The molecule has 0 N–H and O–H groups in total. The first-order chi connectivity index (χ1) is 47.6. The molecule has 10 nitrogen and oxygen atoms in total. The Morgan fingerprint density at radius 2 is 0.637 bits per heavy atom. The quantitative estimate of drug-likeness (QED) is 0.0626. The monoisotopic (exact) mass is 2740 g/mol. The number of hydrogen-bond donors (Lipinski definition) is 0. The molecule has 10 heterocycles. The standard InChI is InChI=1S/C6H2Cl2F3N.3C6H3ClF3N.C6H6ClN.C6H2F5N.2C6H3F4N.C6H6FN.C5H2ClF2N.10CH3.10Nb/c7-4-1-3(6(9,10)11)2-12-5(4)8;7-5-1-2-11-3-4(5)6(8,9)10;7-5-2-1-4(3-11-5)6(8,9)10;7-5-4(6(8,9)10)2-1-3-11-5;1-5-4-6(7)2-3-8-5;7-4-1-3(6(9,10)11)2-5(8)12-4;7-5-1-2-11-3-4(5)6(8,9)10;7-5-4(6(8,9)10)2-1-3-11-5;1-5-4-6(7)2-3-8-5;6-3-1-4(7)9-5(8)2-3;;;;;;;;;;;;;;;;;;;;/h1-2H;3*1-3H;2-4H,1H3;1-2H;2*1-3H;2-4H,1H3;1-2H;10*1H3;;;;;;;;;;/q;;;;;;;;;;10*-1;;;;;;;;;;. The summed E-state index contributed by atoms with van der Waals surface area (Å²) >= 11 is 37.2. The van der Waals surface area contributed by atoms with Crippen LogP contribution in [0.15, 0.2) is 165 Å². The molecule has 0 aliphatic rings. The predicted molar refractivity (Wildman–Crippen MR) is 386 cm³/mol. The molecule has 0 fully saturated rings. The van der Waals surface area contributed by atoms with Gasteiger partial charge >= 0.3 is 43.2 Å². The van der Waals surface area contributed by atoms with Crippen molar-refractivity contribution in [3.63, 3.8) is 0 Å². The average Bonchev–Trinajstić information content (AvgIpc) is 0.855. The van der Waals surface area contributed by atoms with E-state index in [0.717, 1.165) is 71.6 Å². The van der Waals surface area contributed by atoms with Crippen molar-refractivity contribution in [2.75, 3.05) is 0 Å². The molecule has 0 atom stereocenters. The Hall–Kier alpha value is -1.03. The van der Waals surface area contributed by atoms with Crippen molar-refractivity contribution in [1.82, 2.24) is 49.8 Å². The second-order valence-electron chi connectivity index (χ2n) is 17.9. The van der Waals surface area contributed by atoms with E-state index in [9.17, 15) is 123 Å². The van der Waals surface area contributed by atoms with E-state index in [0.29, 0.717) is 42.6 Å². The minimum Gasteiger partial charge on any atom is -0.358 e. The van der Waals surface area contributed by atoms with Crippen LogP contribution in [0.25, 0.3) is 0 Å². The zero-order chi connectivity index (χ0) is 79.9. The first-order valence-electron chi connectivity index (χ1n) is 25.9. The molecule has 0 spiro atoms. The molecule has 0 aromatic carbocycles. The largest absolute Gasteiger partial charge is 0.420 e. The van der Waals surface area contributed by atoms with Gasteiger partial charge in [-0.2, -0.15) is 124 Å². The van der Waals surface area contributed by atoms with Gasteiger partial charge in [0.2, 0.25) is 29.7 Å². The van der Waals surface area contributed by atoms with Gasteiger partial charge in [0.1, 0.15) is 38.2 Å². The van der Waals surface area contributed by atoms with Crippen molar-refractivity contribution >= 4 is 81.2 Å². The Morgan fingerprint density at radius 1 is 0.266 bits per heavy atom. The Bertz CT molecular complexity index is 3930. The zero-order valence-electron chi connectivity index (χ0n) is 64.8. The molecule has 0 aliphatic heterocycles. The van der Waals surface area contributed by atoms with Crippen LogP contribution in [0.1, 0.15) is 50.3 Å². The molecule has 10 aromatic heterocycles. The minimum absolute atomic E-state index is 0. The Balaban J connectivity index is -0.0000000530. The topological polar surface area (TPSA) is 129 Å². The van der Waals surface area contributed by atoms with Crippen LogP contribution in [-0.2, 0) is 267 Å². The van der Waals surface area contributed by atoms with Crippen LogP contribution in [0.2, 0.25) is 35.5 Å². The number of aromatic nitrogens is 10. The molecule has 55 heteroatoms. The van der Waals surface area contributed by atoms with Crippen molar-refractivity contribution in [2.45, 2.75) is 57.1 Å². The smallest absolute Gasteiger partial charge is 0.358 e. The predicted octanol–water partition coefficient (Wildman–Crippen LogP) is 28.6. The third-order valence-electron chi connectivity index (χ3n) is 9.99. The summed E-state index contributed by atoms with van der Waals surface area (Å²) in [4.78, 5) is 32.2. The SMILES string of the molecule is Cc1cc(Cl)ccn1.Cc1cc(F)ccn1.FC(F)(F)c1ccc(Cl)nc1.FC(F)(F)c1cccnc1Cl.FC(F)(F)c1cnc(Cl)c(Cl)c1.FC(F)(F)c1cnccc1Cl.Fc1cc(C(F)(F)F)cc(F)n1.Fc1cc(Cl)cc(F)n1.Fc1ccncc1C(F)(F)F.Fc1ncccc1C(F)(F)F.[CH3-].[CH3-].[CH3-].[CH3-].[CH3-].[CH3-].[CH3-].[CH3-].[CH3-].[CH3-].[Nb].[Nb].[Nb].[Nb].[Nb].[Nb].[Nb].[Nb].[Nb].[Nb]. The van der Waals surface area contributed by atoms with Crippen LogP contribution in [0.3, 0.4) is 0 Å². The number of halogens is 35. The fourth-order valence-electron chi connectivity index (χ4n) is 5.57. The van der Waals surface area contributed by atoms with Crippen LogP contribution in [0.5, 0.6) is 0 Å². The van der Waals surface area contributed by atoms with Gasteiger partial charge in [-0.3, -0.25) is 19.9 Å².